The van der Waals surface area contributed by atoms with Gasteiger partial charge in [0.1, 0.15) is 5.82 Å². The molecule has 102 valence electrons. The van der Waals surface area contributed by atoms with Crippen molar-refractivity contribution in [3.63, 3.8) is 0 Å². The number of hydrogen-bond acceptors (Lipinski definition) is 1. The molecule has 1 N–H and O–H groups in total. The first kappa shape index (κ1) is 14.0. The maximum absolute atomic E-state index is 13.4. The van der Waals surface area contributed by atoms with Gasteiger partial charge in [-0.1, -0.05) is 35.9 Å². The molecule has 2 rings (SSSR count). The number of likely N-dealkylation sites (N-methyl/N-ethyl adjacent to an activating group) is 1. The molecule has 0 atom stereocenters. The summed E-state index contributed by atoms with van der Waals surface area (Å²) in [7, 11) is 1.58. The van der Waals surface area contributed by atoms with E-state index in [2.05, 4.69) is 5.32 Å². The zero-order valence-electron chi connectivity index (χ0n) is 11.5. The normalized spacial score (nSPS) is 10.8. The molecular weight excluding hydrogens is 253 g/mol. The fourth-order valence-corrected chi connectivity index (χ4v) is 1.97. The maximum Gasteiger partial charge on any atom is 0.243 e. The van der Waals surface area contributed by atoms with E-state index in [-0.39, 0.29) is 11.7 Å². The van der Waals surface area contributed by atoms with Crippen LogP contribution in [-0.2, 0) is 4.79 Å². The predicted molar refractivity (Wildman–Crippen MR) is 79.7 cm³/mol. The summed E-state index contributed by atoms with van der Waals surface area (Å²) in [5, 5.41) is 2.53. The summed E-state index contributed by atoms with van der Waals surface area (Å²) in [6.45, 7) is 1.98. The van der Waals surface area contributed by atoms with E-state index in [1.807, 2.05) is 31.2 Å². The second-order valence-corrected chi connectivity index (χ2v) is 4.55. The van der Waals surface area contributed by atoms with E-state index < -0.39 is 0 Å². The molecule has 2 nitrogen and oxygen atoms in total. The number of carbonyl (C=O) groups is 1. The highest BCUT2D eigenvalue weighted by atomic mass is 19.1. The van der Waals surface area contributed by atoms with Gasteiger partial charge in [0.25, 0.3) is 0 Å². The third kappa shape index (κ3) is 3.32. The Hall–Kier alpha value is -2.42. The average Bonchev–Trinajstić information content (AvgIpc) is 2.45. The van der Waals surface area contributed by atoms with Gasteiger partial charge in [0.05, 0.1) is 0 Å². The van der Waals surface area contributed by atoms with Crippen molar-refractivity contribution >= 4 is 12.0 Å². The van der Waals surface area contributed by atoms with Crippen molar-refractivity contribution in [3.8, 4) is 11.1 Å². The Kier molecular flexibility index (Phi) is 4.31. The Labute approximate surface area is 118 Å². The third-order valence-electron chi connectivity index (χ3n) is 3.01. The number of nitrogens with one attached hydrogen (secondary N) is 1. The van der Waals surface area contributed by atoms with Gasteiger partial charge in [0.15, 0.2) is 0 Å². The molecule has 2 aromatic rings. The van der Waals surface area contributed by atoms with Crippen molar-refractivity contribution in [3.05, 3.63) is 65.5 Å². The van der Waals surface area contributed by atoms with E-state index in [4.69, 9.17) is 0 Å². The molecule has 0 radical (unpaired) electrons. The Bertz CT molecular complexity index is 662. The lowest BCUT2D eigenvalue weighted by Gasteiger charge is -2.08. The molecule has 0 spiro atoms. The van der Waals surface area contributed by atoms with Gasteiger partial charge in [-0.2, -0.15) is 0 Å². The molecule has 0 unspecified atom stereocenters. The highest BCUT2D eigenvalue weighted by molar-refractivity contribution is 5.93. The Morgan fingerprint density at radius 1 is 1.20 bits per heavy atom. The van der Waals surface area contributed by atoms with E-state index in [9.17, 15) is 9.18 Å². The molecule has 0 aliphatic heterocycles. The number of aryl methyl sites for hydroxylation is 1. The van der Waals surface area contributed by atoms with Gasteiger partial charge in [-0.05, 0) is 41.8 Å². The Morgan fingerprint density at radius 3 is 2.70 bits per heavy atom. The van der Waals surface area contributed by atoms with Gasteiger partial charge < -0.3 is 5.32 Å². The van der Waals surface area contributed by atoms with Crippen molar-refractivity contribution in [2.24, 2.45) is 0 Å². The van der Waals surface area contributed by atoms with Crippen LogP contribution in [-0.4, -0.2) is 13.0 Å². The summed E-state index contributed by atoms with van der Waals surface area (Å²) in [6, 6.07) is 12.3. The highest BCUT2D eigenvalue weighted by Crippen LogP contribution is 2.26. The van der Waals surface area contributed by atoms with Gasteiger partial charge in [0, 0.05) is 13.1 Å². The van der Waals surface area contributed by atoms with Gasteiger partial charge in [0.2, 0.25) is 5.91 Å². The number of rotatable bonds is 3. The van der Waals surface area contributed by atoms with Crippen molar-refractivity contribution in [2.75, 3.05) is 7.05 Å². The van der Waals surface area contributed by atoms with E-state index in [1.165, 1.54) is 18.2 Å². The fraction of sp³-hybridized carbons (Fsp3) is 0.118. The first-order valence-corrected chi connectivity index (χ1v) is 6.36. The van der Waals surface area contributed by atoms with Crippen LogP contribution in [0.5, 0.6) is 0 Å². The van der Waals surface area contributed by atoms with Crippen LogP contribution in [0.15, 0.2) is 48.5 Å². The molecule has 0 saturated heterocycles. The summed E-state index contributed by atoms with van der Waals surface area (Å²) in [4.78, 5) is 11.3. The molecule has 2 aromatic carbocycles. The molecule has 0 bridgehead atoms. The van der Waals surface area contributed by atoms with E-state index >= 15 is 0 Å². The van der Waals surface area contributed by atoms with Gasteiger partial charge in [-0.3, -0.25) is 4.79 Å². The first-order valence-electron chi connectivity index (χ1n) is 6.36. The summed E-state index contributed by atoms with van der Waals surface area (Å²) in [5.41, 5.74) is 3.67. The van der Waals surface area contributed by atoms with Crippen molar-refractivity contribution in [2.45, 2.75) is 6.92 Å². The van der Waals surface area contributed by atoms with Crippen LogP contribution in [0.1, 0.15) is 11.1 Å². The molecule has 0 aliphatic rings. The Balaban J connectivity index is 2.48. The van der Waals surface area contributed by atoms with E-state index in [0.29, 0.717) is 0 Å². The van der Waals surface area contributed by atoms with Crippen LogP contribution in [0.4, 0.5) is 4.39 Å². The summed E-state index contributed by atoms with van der Waals surface area (Å²) in [5.74, 6) is -0.444. The quantitative estimate of drug-likeness (QED) is 0.848. The second kappa shape index (κ2) is 6.15. The molecule has 3 heteroatoms. The largest absolute Gasteiger partial charge is 0.356 e. The lowest BCUT2D eigenvalue weighted by Crippen LogP contribution is -2.13. The van der Waals surface area contributed by atoms with Crippen molar-refractivity contribution < 1.29 is 9.18 Å². The summed E-state index contributed by atoms with van der Waals surface area (Å²) >= 11 is 0. The number of amides is 1. The maximum atomic E-state index is 13.4. The van der Waals surface area contributed by atoms with Crippen LogP contribution in [0.25, 0.3) is 17.2 Å². The van der Waals surface area contributed by atoms with Crippen LogP contribution >= 0.6 is 0 Å². The Morgan fingerprint density at radius 2 is 2.00 bits per heavy atom. The zero-order chi connectivity index (χ0) is 14.5. The topological polar surface area (TPSA) is 29.1 Å². The molecule has 20 heavy (non-hydrogen) atoms. The lowest BCUT2D eigenvalue weighted by atomic mass is 9.97. The first-order chi connectivity index (χ1) is 9.60. The van der Waals surface area contributed by atoms with Crippen LogP contribution < -0.4 is 5.32 Å². The highest BCUT2D eigenvalue weighted by Gasteiger charge is 2.05. The minimum atomic E-state index is -0.273. The predicted octanol–water partition coefficient (Wildman–Crippen LogP) is 3.56. The molecule has 0 fully saturated rings. The molecule has 0 heterocycles. The molecule has 0 aliphatic carbocycles. The third-order valence-corrected chi connectivity index (χ3v) is 3.01. The number of benzene rings is 2. The van der Waals surface area contributed by atoms with Gasteiger partial charge in [-0.25, -0.2) is 4.39 Å². The smallest absolute Gasteiger partial charge is 0.243 e. The monoisotopic (exact) mass is 269 g/mol. The number of halogens is 1. The van der Waals surface area contributed by atoms with Crippen molar-refractivity contribution in [1.82, 2.24) is 5.32 Å². The minimum Gasteiger partial charge on any atom is -0.356 e. The SMILES string of the molecule is CNC(=O)/C=C/c1ccc(C)cc1-c1cccc(F)c1. The van der Waals surface area contributed by atoms with Crippen molar-refractivity contribution in [1.29, 1.82) is 0 Å². The molecular formula is C17H16FNO. The molecule has 0 saturated carbocycles. The van der Waals surface area contributed by atoms with Crippen LogP contribution in [0.2, 0.25) is 0 Å². The molecule has 0 aromatic heterocycles. The average molecular weight is 269 g/mol. The fourth-order valence-electron chi connectivity index (χ4n) is 1.97. The van der Waals surface area contributed by atoms with Gasteiger partial charge >= 0.3 is 0 Å². The number of hydrogen-bond donors (Lipinski definition) is 1. The second-order valence-electron chi connectivity index (χ2n) is 4.55. The van der Waals surface area contributed by atoms with E-state index in [0.717, 1.165) is 22.3 Å². The van der Waals surface area contributed by atoms with Crippen LogP contribution in [0.3, 0.4) is 0 Å². The standard InChI is InChI=1S/C17H16FNO/c1-12-6-7-13(8-9-17(20)19-2)16(10-12)14-4-3-5-15(18)11-14/h3-11H,1-2H3,(H,19,20)/b9-8+. The minimum absolute atomic E-state index is 0.171. The zero-order valence-corrected chi connectivity index (χ0v) is 11.5. The summed E-state index contributed by atoms with van der Waals surface area (Å²) < 4.78 is 13.4. The molecule has 1 amide bonds. The summed E-state index contributed by atoms with van der Waals surface area (Å²) in [6.07, 6.45) is 3.20. The van der Waals surface area contributed by atoms with E-state index in [1.54, 1.807) is 19.2 Å². The number of carbonyl (C=O) groups excluding carboxylic acids is 1. The lowest BCUT2D eigenvalue weighted by molar-refractivity contribution is -0.115. The van der Waals surface area contributed by atoms with Crippen LogP contribution in [0, 0.1) is 12.7 Å². The van der Waals surface area contributed by atoms with Gasteiger partial charge in [-0.15, -0.1) is 0 Å².